The van der Waals surface area contributed by atoms with Crippen LogP contribution in [0.25, 0.3) is 21.5 Å². The summed E-state index contributed by atoms with van der Waals surface area (Å²) in [5.74, 6) is -0.288. The Labute approximate surface area is 198 Å². The fourth-order valence-corrected chi connectivity index (χ4v) is 4.23. The van der Waals surface area contributed by atoms with Gasteiger partial charge in [-0.2, -0.15) is 0 Å². The second-order valence-corrected chi connectivity index (χ2v) is 8.81. The minimum Gasteiger partial charge on any atom is -0.462 e. The highest BCUT2D eigenvalue weighted by molar-refractivity contribution is 7.22. The van der Waals surface area contributed by atoms with Crippen LogP contribution in [0.4, 0.5) is 5.13 Å². The first kappa shape index (κ1) is 22.3. The molecule has 0 aliphatic heterocycles. The van der Waals surface area contributed by atoms with Gasteiger partial charge in [0.15, 0.2) is 10.9 Å². The van der Waals surface area contributed by atoms with Gasteiger partial charge in [0.2, 0.25) is 0 Å². The van der Waals surface area contributed by atoms with Crippen molar-refractivity contribution in [1.82, 2.24) is 4.98 Å². The number of anilines is 1. The summed E-state index contributed by atoms with van der Waals surface area (Å²) < 4.78 is 11.7. The number of fused-ring (bicyclic) bond motifs is 1. The Morgan fingerprint density at radius 1 is 1.12 bits per heavy atom. The maximum atomic E-state index is 12.6. The van der Waals surface area contributed by atoms with Gasteiger partial charge in [-0.25, -0.2) is 9.78 Å². The Kier molecular flexibility index (Phi) is 6.79. The zero-order valence-electron chi connectivity index (χ0n) is 17.0. The van der Waals surface area contributed by atoms with Crippen molar-refractivity contribution in [2.75, 3.05) is 11.9 Å². The second-order valence-electron chi connectivity index (χ2n) is 6.93. The normalized spacial score (nSPS) is 11.0. The molecule has 0 aliphatic carbocycles. The van der Waals surface area contributed by atoms with Crippen molar-refractivity contribution in [3.63, 3.8) is 0 Å². The molecule has 0 aliphatic rings. The Hall–Kier alpha value is -2.87. The number of ether oxygens (including phenoxy) is 1. The highest BCUT2D eigenvalue weighted by atomic mass is 35.5. The van der Waals surface area contributed by atoms with E-state index < -0.39 is 5.91 Å². The number of unbranched alkanes of at least 4 members (excludes halogenated alkanes) is 1. The molecule has 2 heterocycles. The number of amides is 1. The number of esters is 1. The number of benzene rings is 2. The van der Waals surface area contributed by atoms with Crippen LogP contribution in [0.5, 0.6) is 0 Å². The molecule has 0 saturated heterocycles. The number of nitrogens with one attached hydrogen (secondary N) is 1. The number of carbonyl (C=O) groups excluding carboxylic acids is 2. The molecule has 0 atom stereocenters. The maximum Gasteiger partial charge on any atom is 0.338 e. The van der Waals surface area contributed by atoms with E-state index in [1.807, 2.05) is 6.92 Å². The lowest BCUT2D eigenvalue weighted by Gasteiger charge is -2.03. The molecule has 0 spiro atoms. The van der Waals surface area contributed by atoms with Crippen LogP contribution in [-0.2, 0) is 4.74 Å². The predicted octanol–water partition coefficient (Wildman–Crippen LogP) is 7.07. The zero-order chi connectivity index (χ0) is 22.7. The van der Waals surface area contributed by atoms with Crippen LogP contribution in [0, 0.1) is 0 Å². The number of hydrogen-bond acceptors (Lipinski definition) is 6. The van der Waals surface area contributed by atoms with E-state index in [9.17, 15) is 9.59 Å². The minimum absolute atomic E-state index is 0.107. The number of hydrogen-bond donors (Lipinski definition) is 1. The molecule has 4 aromatic rings. The van der Waals surface area contributed by atoms with Gasteiger partial charge in [0.1, 0.15) is 5.76 Å². The average Bonchev–Trinajstić information content (AvgIpc) is 3.42. The monoisotopic (exact) mass is 488 g/mol. The van der Waals surface area contributed by atoms with E-state index in [4.69, 9.17) is 32.4 Å². The van der Waals surface area contributed by atoms with Gasteiger partial charge in [0.05, 0.1) is 27.4 Å². The largest absolute Gasteiger partial charge is 0.462 e. The van der Waals surface area contributed by atoms with Crippen LogP contribution in [0.1, 0.15) is 40.7 Å². The molecule has 0 unspecified atom stereocenters. The summed E-state index contributed by atoms with van der Waals surface area (Å²) in [5.41, 5.74) is 1.71. The fourth-order valence-electron chi connectivity index (χ4n) is 2.95. The quantitative estimate of drug-likeness (QED) is 0.222. The van der Waals surface area contributed by atoms with E-state index in [0.717, 1.165) is 17.5 Å². The third-order valence-corrected chi connectivity index (χ3v) is 6.10. The fraction of sp³-hybridized carbons (Fsp3) is 0.174. The molecule has 1 amide bonds. The van der Waals surface area contributed by atoms with E-state index in [2.05, 4.69) is 10.3 Å². The molecule has 32 heavy (non-hydrogen) atoms. The highest BCUT2D eigenvalue weighted by Gasteiger charge is 2.17. The molecule has 164 valence electrons. The molecule has 2 aromatic heterocycles. The molecule has 6 nitrogen and oxygen atoms in total. The summed E-state index contributed by atoms with van der Waals surface area (Å²) in [6.07, 6.45) is 1.77. The van der Waals surface area contributed by atoms with Gasteiger partial charge in [-0.1, -0.05) is 47.9 Å². The number of aromatic nitrogens is 1. The lowest BCUT2D eigenvalue weighted by Crippen LogP contribution is -2.10. The van der Waals surface area contributed by atoms with Crippen LogP contribution in [0.15, 0.2) is 52.9 Å². The van der Waals surface area contributed by atoms with Crippen LogP contribution in [0.3, 0.4) is 0 Å². The maximum absolute atomic E-state index is 12.6. The summed E-state index contributed by atoms with van der Waals surface area (Å²) in [6, 6.07) is 13.3. The molecule has 1 N–H and O–H groups in total. The van der Waals surface area contributed by atoms with Crippen LogP contribution in [-0.4, -0.2) is 23.5 Å². The smallest absolute Gasteiger partial charge is 0.338 e. The van der Waals surface area contributed by atoms with E-state index in [1.165, 1.54) is 11.3 Å². The number of nitrogens with zero attached hydrogens (tertiary/aromatic N) is 1. The van der Waals surface area contributed by atoms with Gasteiger partial charge >= 0.3 is 5.97 Å². The molecule has 0 radical (unpaired) electrons. The molecule has 9 heteroatoms. The predicted molar refractivity (Wildman–Crippen MR) is 127 cm³/mol. The summed E-state index contributed by atoms with van der Waals surface area (Å²) >= 11 is 13.5. The van der Waals surface area contributed by atoms with Crippen LogP contribution < -0.4 is 5.32 Å². The van der Waals surface area contributed by atoms with Crippen molar-refractivity contribution in [3.8, 4) is 11.3 Å². The Morgan fingerprint density at radius 3 is 2.78 bits per heavy atom. The standard InChI is InChI=1S/C23H18Cl2N2O4S/c1-2-3-10-30-22(29)13-4-7-17-20(11-13)32-23(26-17)27-21(28)19-9-8-18(31-19)15-12-14(24)5-6-16(15)25/h4-9,11-12H,2-3,10H2,1H3,(H,26,27,28). The van der Waals surface area contributed by atoms with Gasteiger partial charge < -0.3 is 9.15 Å². The minimum atomic E-state index is -0.451. The second kappa shape index (κ2) is 9.73. The number of carbonyl (C=O) groups is 2. The van der Waals surface area contributed by atoms with E-state index in [-0.39, 0.29) is 11.7 Å². The van der Waals surface area contributed by atoms with Crippen molar-refractivity contribution in [2.45, 2.75) is 19.8 Å². The summed E-state index contributed by atoms with van der Waals surface area (Å²) in [7, 11) is 0. The SMILES string of the molecule is CCCCOC(=O)c1ccc2nc(NC(=O)c3ccc(-c4cc(Cl)ccc4Cl)o3)sc2c1. The molecular formula is C23H18Cl2N2O4S. The number of rotatable bonds is 7. The lowest BCUT2D eigenvalue weighted by molar-refractivity contribution is 0.0500. The van der Waals surface area contributed by atoms with E-state index in [0.29, 0.717) is 44.2 Å². The van der Waals surface area contributed by atoms with Crippen molar-refractivity contribution in [3.05, 3.63) is 69.9 Å². The third kappa shape index (κ3) is 4.96. The van der Waals surface area contributed by atoms with E-state index in [1.54, 1.807) is 48.5 Å². The molecular weight excluding hydrogens is 471 g/mol. The highest BCUT2D eigenvalue weighted by Crippen LogP contribution is 2.32. The summed E-state index contributed by atoms with van der Waals surface area (Å²) in [4.78, 5) is 29.2. The number of halogens is 2. The first-order chi connectivity index (χ1) is 15.4. The van der Waals surface area contributed by atoms with Crippen LogP contribution in [0.2, 0.25) is 10.0 Å². The lowest BCUT2D eigenvalue weighted by atomic mass is 10.2. The van der Waals surface area contributed by atoms with Gasteiger partial charge in [-0.05, 0) is 55.0 Å². The van der Waals surface area contributed by atoms with Gasteiger partial charge in [0.25, 0.3) is 5.91 Å². The summed E-state index contributed by atoms with van der Waals surface area (Å²) in [6.45, 7) is 2.42. The Bertz CT molecular complexity index is 1300. The topological polar surface area (TPSA) is 81.4 Å². The Morgan fingerprint density at radius 2 is 1.97 bits per heavy atom. The molecule has 0 bridgehead atoms. The van der Waals surface area contributed by atoms with Crippen LogP contribution >= 0.6 is 34.5 Å². The summed E-state index contributed by atoms with van der Waals surface area (Å²) in [5, 5.41) is 4.09. The van der Waals surface area contributed by atoms with Crippen molar-refractivity contribution in [2.24, 2.45) is 0 Å². The van der Waals surface area contributed by atoms with Gasteiger partial charge in [0, 0.05) is 10.6 Å². The first-order valence-corrected chi connectivity index (χ1v) is 11.5. The van der Waals surface area contributed by atoms with E-state index >= 15 is 0 Å². The van der Waals surface area contributed by atoms with Crippen molar-refractivity contribution in [1.29, 1.82) is 0 Å². The molecule has 4 rings (SSSR count). The number of furan rings is 1. The van der Waals surface area contributed by atoms with Crippen molar-refractivity contribution >= 4 is 61.8 Å². The van der Waals surface area contributed by atoms with Gasteiger partial charge in [-0.15, -0.1) is 0 Å². The molecule has 0 saturated carbocycles. The first-order valence-electron chi connectivity index (χ1n) is 9.89. The third-order valence-electron chi connectivity index (χ3n) is 4.60. The molecule has 2 aromatic carbocycles. The van der Waals surface area contributed by atoms with Gasteiger partial charge in [-0.3, -0.25) is 10.1 Å². The molecule has 0 fully saturated rings. The zero-order valence-corrected chi connectivity index (χ0v) is 19.3. The average molecular weight is 489 g/mol. The number of thiazole rings is 1. The Balaban J connectivity index is 1.49. The van der Waals surface area contributed by atoms with Crippen molar-refractivity contribution < 1.29 is 18.7 Å².